The normalized spacial score (nSPS) is 10.7. The number of nitrogens with one attached hydrogen (secondary N) is 1. The van der Waals surface area contributed by atoms with Crippen molar-refractivity contribution in [1.82, 2.24) is 25.2 Å². The third-order valence-corrected chi connectivity index (χ3v) is 3.30. The Balaban J connectivity index is 1.64. The third kappa shape index (κ3) is 2.59. The summed E-state index contributed by atoms with van der Waals surface area (Å²) in [4.78, 5) is 16.0. The average molecular weight is 289 g/mol. The average Bonchev–Trinajstić information content (AvgIpc) is 3.16. The molecule has 1 amide bonds. The summed E-state index contributed by atoms with van der Waals surface area (Å²) >= 11 is 1.47. The van der Waals surface area contributed by atoms with E-state index in [4.69, 9.17) is 4.52 Å². The maximum Gasteiger partial charge on any atom is 0.252 e. The molecule has 8 heteroatoms. The number of aryl methyl sites for hydroxylation is 1. The number of carbonyl (C=O) groups is 1. The SMILES string of the molecule is Cn1cc(-c2noc(CNC(=O)c3ccsc3)n2)cn1. The lowest BCUT2D eigenvalue weighted by Gasteiger charge is -1.98. The quantitative estimate of drug-likeness (QED) is 0.786. The summed E-state index contributed by atoms with van der Waals surface area (Å²) in [6.45, 7) is 0.196. The molecule has 0 aromatic carbocycles. The van der Waals surface area contributed by atoms with Gasteiger partial charge in [-0.2, -0.15) is 21.4 Å². The third-order valence-electron chi connectivity index (χ3n) is 2.61. The molecule has 0 atom stereocenters. The Kier molecular flexibility index (Phi) is 3.30. The molecule has 1 N–H and O–H groups in total. The van der Waals surface area contributed by atoms with Crippen LogP contribution in [-0.4, -0.2) is 25.8 Å². The van der Waals surface area contributed by atoms with E-state index < -0.39 is 0 Å². The summed E-state index contributed by atoms with van der Waals surface area (Å²) < 4.78 is 6.74. The number of rotatable bonds is 4. The number of hydrogen-bond acceptors (Lipinski definition) is 6. The number of carbonyl (C=O) groups excluding carboxylic acids is 1. The summed E-state index contributed by atoms with van der Waals surface area (Å²) in [5.41, 5.74) is 1.40. The van der Waals surface area contributed by atoms with E-state index in [0.29, 0.717) is 17.3 Å². The summed E-state index contributed by atoms with van der Waals surface area (Å²) in [7, 11) is 1.81. The van der Waals surface area contributed by atoms with Gasteiger partial charge >= 0.3 is 0 Å². The zero-order chi connectivity index (χ0) is 13.9. The van der Waals surface area contributed by atoms with E-state index in [-0.39, 0.29) is 12.5 Å². The van der Waals surface area contributed by atoms with Gasteiger partial charge in [-0.3, -0.25) is 9.48 Å². The molecule has 0 unspecified atom stereocenters. The van der Waals surface area contributed by atoms with Crippen LogP contribution >= 0.6 is 11.3 Å². The highest BCUT2D eigenvalue weighted by Crippen LogP contribution is 2.14. The second-order valence-electron chi connectivity index (χ2n) is 4.11. The van der Waals surface area contributed by atoms with Crippen LogP contribution in [0.1, 0.15) is 16.2 Å². The van der Waals surface area contributed by atoms with Crippen molar-refractivity contribution in [3.05, 3.63) is 40.7 Å². The Morgan fingerprint density at radius 2 is 2.45 bits per heavy atom. The standard InChI is InChI=1S/C12H11N5O2S/c1-17-6-9(4-14-17)11-15-10(19-16-11)5-13-12(18)8-2-3-20-7-8/h2-4,6-7H,5H2,1H3,(H,13,18). The Morgan fingerprint density at radius 3 is 3.15 bits per heavy atom. The Labute approximate surface area is 118 Å². The molecule has 7 nitrogen and oxygen atoms in total. The first-order chi connectivity index (χ1) is 9.72. The first-order valence-electron chi connectivity index (χ1n) is 5.84. The highest BCUT2D eigenvalue weighted by molar-refractivity contribution is 7.08. The van der Waals surface area contributed by atoms with Gasteiger partial charge in [0.1, 0.15) is 0 Å². The van der Waals surface area contributed by atoms with Gasteiger partial charge in [0.2, 0.25) is 11.7 Å². The largest absolute Gasteiger partial charge is 0.343 e. The van der Waals surface area contributed by atoms with Crippen LogP contribution in [0.25, 0.3) is 11.4 Å². The first kappa shape index (κ1) is 12.5. The molecule has 0 fully saturated rings. The molecule has 0 bridgehead atoms. The van der Waals surface area contributed by atoms with Crippen molar-refractivity contribution in [2.75, 3.05) is 0 Å². The molecule has 3 aromatic rings. The lowest BCUT2D eigenvalue weighted by molar-refractivity contribution is 0.0946. The van der Waals surface area contributed by atoms with Gasteiger partial charge in [-0.05, 0) is 11.4 Å². The van der Waals surface area contributed by atoms with Crippen molar-refractivity contribution >= 4 is 17.2 Å². The molecule has 0 saturated heterocycles. The van der Waals surface area contributed by atoms with Crippen molar-refractivity contribution in [3.63, 3.8) is 0 Å². The fourth-order valence-corrected chi connectivity index (χ4v) is 2.27. The summed E-state index contributed by atoms with van der Waals surface area (Å²) in [6, 6.07) is 1.76. The minimum atomic E-state index is -0.160. The minimum absolute atomic E-state index is 0.160. The molecule has 3 aromatic heterocycles. The predicted octanol–water partition coefficient (Wildman–Crippen LogP) is 1.46. The molecule has 20 heavy (non-hydrogen) atoms. The summed E-state index contributed by atoms with van der Waals surface area (Å²) in [5.74, 6) is 0.651. The van der Waals surface area contributed by atoms with E-state index in [1.165, 1.54) is 11.3 Å². The maximum atomic E-state index is 11.8. The van der Waals surface area contributed by atoms with Crippen molar-refractivity contribution in [2.24, 2.45) is 7.05 Å². The van der Waals surface area contributed by atoms with Crippen molar-refractivity contribution in [2.45, 2.75) is 6.54 Å². The van der Waals surface area contributed by atoms with Crippen LogP contribution in [0, 0.1) is 0 Å². The summed E-state index contributed by atoms with van der Waals surface area (Å²) in [6.07, 6.45) is 3.44. The van der Waals surface area contributed by atoms with Crippen LogP contribution in [0.2, 0.25) is 0 Å². The maximum absolute atomic E-state index is 11.8. The van der Waals surface area contributed by atoms with Crippen LogP contribution in [0.15, 0.2) is 33.7 Å². The van der Waals surface area contributed by atoms with Gasteiger partial charge in [-0.25, -0.2) is 0 Å². The van der Waals surface area contributed by atoms with E-state index in [9.17, 15) is 4.79 Å². The van der Waals surface area contributed by atoms with E-state index in [2.05, 4.69) is 20.6 Å². The van der Waals surface area contributed by atoms with Gasteiger partial charge in [0.25, 0.3) is 5.91 Å². The molecule has 102 valence electrons. The molecular weight excluding hydrogens is 278 g/mol. The Bertz CT molecular complexity index is 716. The zero-order valence-electron chi connectivity index (χ0n) is 10.6. The number of aromatic nitrogens is 4. The molecule has 0 aliphatic rings. The van der Waals surface area contributed by atoms with Gasteiger partial charge < -0.3 is 9.84 Å². The van der Waals surface area contributed by atoms with Gasteiger partial charge in [0.15, 0.2) is 0 Å². The van der Waals surface area contributed by atoms with Crippen LogP contribution in [-0.2, 0) is 13.6 Å². The Hall–Kier alpha value is -2.48. The van der Waals surface area contributed by atoms with E-state index >= 15 is 0 Å². The van der Waals surface area contributed by atoms with Crippen molar-refractivity contribution in [1.29, 1.82) is 0 Å². The van der Waals surface area contributed by atoms with E-state index in [1.54, 1.807) is 28.5 Å². The van der Waals surface area contributed by atoms with Crippen LogP contribution in [0.3, 0.4) is 0 Å². The lowest BCUT2D eigenvalue weighted by Crippen LogP contribution is -2.22. The fourth-order valence-electron chi connectivity index (χ4n) is 1.63. The van der Waals surface area contributed by atoms with Crippen LogP contribution < -0.4 is 5.32 Å². The van der Waals surface area contributed by atoms with E-state index in [0.717, 1.165) is 5.56 Å². The van der Waals surface area contributed by atoms with Crippen molar-refractivity contribution in [3.8, 4) is 11.4 Å². The molecule has 0 saturated carbocycles. The van der Waals surface area contributed by atoms with Crippen molar-refractivity contribution < 1.29 is 9.32 Å². The summed E-state index contributed by atoms with van der Waals surface area (Å²) in [5, 5.41) is 14.2. The van der Waals surface area contributed by atoms with Crippen LogP contribution in [0.5, 0.6) is 0 Å². The second kappa shape index (κ2) is 5.25. The van der Waals surface area contributed by atoms with E-state index in [1.807, 2.05) is 12.4 Å². The van der Waals surface area contributed by atoms with Gasteiger partial charge in [0.05, 0.1) is 18.3 Å². The van der Waals surface area contributed by atoms with Gasteiger partial charge in [-0.1, -0.05) is 5.16 Å². The van der Waals surface area contributed by atoms with Gasteiger partial charge in [0, 0.05) is 24.2 Å². The highest BCUT2D eigenvalue weighted by atomic mass is 32.1. The van der Waals surface area contributed by atoms with Crippen LogP contribution in [0.4, 0.5) is 0 Å². The molecule has 3 rings (SSSR count). The predicted molar refractivity (Wildman–Crippen MR) is 72.0 cm³/mol. The lowest BCUT2D eigenvalue weighted by atomic mass is 10.3. The molecule has 3 heterocycles. The molecular formula is C12H11N5O2S. The number of amides is 1. The smallest absolute Gasteiger partial charge is 0.252 e. The second-order valence-corrected chi connectivity index (χ2v) is 4.89. The number of hydrogen-bond donors (Lipinski definition) is 1. The Morgan fingerprint density at radius 1 is 1.55 bits per heavy atom. The minimum Gasteiger partial charge on any atom is -0.343 e. The molecule has 0 aliphatic heterocycles. The first-order valence-corrected chi connectivity index (χ1v) is 6.78. The topological polar surface area (TPSA) is 85.8 Å². The number of thiophene rings is 1. The zero-order valence-corrected chi connectivity index (χ0v) is 11.4. The van der Waals surface area contributed by atoms with Gasteiger partial charge in [-0.15, -0.1) is 0 Å². The fraction of sp³-hybridized carbons (Fsp3) is 0.167. The molecule has 0 spiro atoms. The molecule has 0 aliphatic carbocycles. The number of nitrogens with zero attached hydrogens (tertiary/aromatic N) is 4. The monoisotopic (exact) mass is 289 g/mol. The highest BCUT2D eigenvalue weighted by Gasteiger charge is 2.12. The molecule has 0 radical (unpaired) electrons.